The number of rotatable bonds is 5. The minimum Gasteiger partial charge on any atom is -0.497 e. The van der Waals surface area contributed by atoms with E-state index in [0.717, 1.165) is 11.5 Å². The molecule has 0 aliphatic carbocycles. The molecule has 1 saturated heterocycles. The summed E-state index contributed by atoms with van der Waals surface area (Å²) >= 11 is 0. The molecular formula is C24H24F3N3O3. The monoisotopic (exact) mass is 459 g/mol. The van der Waals surface area contributed by atoms with Gasteiger partial charge in [-0.3, -0.25) is 9.78 Å². The van der Waals surface area contributed by atoms with E-state index in [2.05, 4.69) is 10.3 Å². The molecule has 1 aliphatic rings. The Morgan fingerprint density at radius 1 is 1.15 bits per heavy atom. The van der Waals surface area contributed by atoms with Crippen molar-refractivity contribution in [1.29, 1.82) is 0 Å². The zero-order valence-corrected chi connectivity index (χ0v) is 18.3. The summed E-state index contributed by atoms with van der Waals surface area (Å²) in [5.41, 5.74) is 1.20. The molecule has 0 spiro atoms. The first-order valence-corrected chi connectivity index (χ1v) is 10.5. The predicted molar refractivity (Wildman–Crippen MR) is 119 cm³/mol. The maximum atomic E-state index is 13.8. The molecule has 1 amide bonds. The number of methoxy groups -OCH3 is 1. The number of carbonyl (C=O) groups excluding carboxylic acids is 1. The van der Waals surface area contributed by atoms with Crippen LogP contribution in [0.5, 0.6) is 5.75 Å². The number of aryl methyl sites for hydroxylation is 1. The first-order chi connectivity index (χ1) is 15.8. The summed E-state index contributed by atoms with van der Waals surface area (Å²) in [6, 6.07) is 11.2. The number of nitrogens with one attached hydrogen (secondary N) is 1. The second kappa shape index (κ2) is 9.27. The van der Waals surface area contributed by atoms with Gasteiger partial charge >= 0.3 is 6.18 Å². The van der Waals surface area contributed by atoms with Gasteiger partial charge < -0.3 is 19.7 Å². The Kier molecular flexibility index (Phi) is 6.42. The zero-order valence-electron chi connectivity index (χ0n) is 18.3. The van der Waals surface area contributed by atoms with Crippen molar-refractivity contribution in [1.82, 2.24) is 10.3 Å². The number of anilines is 1. The number of hydrogen-bond acceptors (Lipinski definition) is 5. The summed E-state index contributed by atoms with van der Waals surface area (Å²) in [5.74, 6) is 0.162. The Balaban J connectivity index is 1.55. The van der Waals surface area contributed by atoms with Crippen molar-refractivity contribution in [3.63, 3.8) is 0 Å². The lowest BCUT2D eigenvalue weighted by molar-refractivity contribution is -0.138. The van der Waals surface area contributed by atoms with E-state index in [1.807, 2.05) is 4.90 Å². The number of nitrogens with zero attached hydrogens (tertiary/aromatic N) is 2. The lowest BCUT2D eigenvalue weighted by Crippen LogP contribution is -2.36. The van der Waals surface area contributed by atoms with Gasteiger partial charge in [-0.15, -0.1) is 0 Å². The van der Waals surface area contributed by atoms with Crippen molar-refractivity contribution in [3.8, 4) is 5.75 Å². The van der Waals surface area contributed by atoms with Crippen LogP contribution in [0, 0.1) is 6.92 Å². The van der Waals surface area contributed by atoms with E-state index in [1.54, 1.807) is 44.4 Å². The Labute approximate surface area is 189 Å². The van der Waals surface area contributed by atoms with Crippen LogP contribution in [0.4, 0.5) is 18.9 Å². The molecule has 2 heterocycles. The molecule has 9 heteroatoms. The Morgan fingerprint density at radius 2 is 1.91 bits per heavy atom. The molecule has 3 aromatic rings. The third-order valence-corrected chi connectivity index (χ3v) is 5.67. The third-order valence-electron chi connectivity index (χ3n) is 5.67. The minimum atomic E-state index is -4.54. The number of carbonyl (C=O) groups is 1. The van der Waals surface area contributed by atoms with Gasteiger partial charge in [-0.1, -0.05) is 6.07 Å². The quantitative estimate of drug-likeness (QED) is 0.615. The number of ether oxygens (including phenoxy) is 2. The van der Waals surface area contributed by atoms with E-state index in [1.165, 1.54) is 6.07 Å². The molecule has 6 nitrogen and oxygen atoms in total. The lowest BCUT2D eigenvalue weighted by atomic mass is 10.0. The molecule has 1 aliphatic heterocycles. The SMILES string of the molecule is COc1ccc2cc(C(=O)NCc3ccc(N4CCOCC4)cc3C(F)(F)F)c(C)nc2c1. The molecule has 0 saturated carbocycles. The number of halogens is 3. The fourth-order valence-corrected chi connectivity index (χ4v) is 3.87. The van der Waals surface area contributed by atoms with Crippen molar-refractivity contribution in [2.24, 2.45) is 0 Å². The van der Waals surface area contributed by atoms with Gasteiger partial charge in [-0.2, -0.15) is 13.2 Å². The molecule has 1 aromatic heterocycles. The minimum absolute atomic E-state index is 0.00370. The molecule has 0 unspecified atom stereocenters. The van der Waals surface area contributed by atoms with E-state index < -0.39 is 17.6 Å². The van der Waals surface area contributed by atoms with Crippen LogP contribution in [0.1, 0.15) is 27.2 Å². The van der Waals surface area contributed by atoms with Gasteiger partial charge in [0.15, 0.2) is 0 Å². The highest BCUT2D eigenvalue weighted by Gasteiger charge is 2.34. The molecule has 0 radical (unpaired) electrons. The first kappa shape index (κ1) is 22.8. The lowest BCUT2D eigenvalue weighted by Gasteiger charge is -2.29. The van der Waals surface area contributed by atoms with Gasteiger partial charge in [-0.05, 0) is 42.8 Å². The second-order valence-corrected chi connectivity index (χ2v) is 7.80. The highest BCUT2D eigenvalue weighted by Crippen LogP contribution is 2.35. The largest absolute Gasteiger partial charge is 0.497 e. The highest BCUT2D eigenvalue weighted by atomic mass is 19.4. The molecule has 174 valence electrons. The number of hydrogen-bond donors (Lipinski definition) is 1. The molecule has 4 rings (SSSR count). The van der Waals surface area contributed by atoms with E-state index >= 15 is 0 Å². The van der Waals surface area contributed by atoms with E-state index in [4.69, 9.17) is 9.47 Å². The molecule has 1 N–H and O–H groups in total. The Morgan fingerprint density at radius 3 is 2.61 bits per heavy atom. The van der Waals surface area contributed by atoms with Crippen LogP contribution in [0.15, 0.2) is 42.5 Å². The van der Waals surface area contributed by atoms with E-state index in [9.17, 15) is 18.0 Å². The van der Waals surface area contributed by atoms with E-state index in [-0.39, 0.29) is 12.1 Å². The van der Waals surface area contributed by atoms with Crippen LogP contribution < -0.4 is 15.0 Å². The van der Waals surface area contributed by atoms with Crippen LogP contribution in [-0.4, -0.2) is 44.3 Å². The number of aromatic nitrogens is 1. The maximum Gasteiger partial charge on any atom is 0.416 e. The summed E-state index contributed by atoms with van der Waals surface area (Å²) in [4.78, 5) is 19.1. The number of morpholine rings is 1. The van der Waals surface area contributed by atoms with Crippen molar-refractivity contribution in [3.05, 3.63) is 64.8 Å². The van der Waals surface area contributed by atoms with Crippen LogP contribution in [0.2, 0.25) is 0 Å². The maximum absolute atomic E-state index is 13.8. The van der Waals surface area contributed by atoms with Crippen LogP contribution in [0.25, 0.3) is 10.9 Å². The van der Waals surface area contributed by atoms with Crippen molar-refractivity contribution < 1.29 is 27.4 Å². The summed E-state index contributed by atoms with van der Waals surface area (Å²) in [6.07, 6.45) is -4.54. The van der Waals surface area contributed by atoms with Gasteiger partial charge in [0.25, 0.3) is 5.91 Å². The van der Waals surface area contributed by atoms with E-state index in [0.29, 0.717) is 54.5 Å². The fourth-order valence-electron chi connectivity index (χ4n) is 3.87. The fraction of sp³-hybridized carbons (Fsp3) is 0.333. The molecule has 0 bridgehead atoms. The van der Waals surface area contributed by atoms with Crippen LogP contribution >= 0.6 is 0 Å². The van der Waals surface area contributed by atoms with Crippen molar-refractivity contribution >= 4 is 22.5 Å². The summed E-state index contributed by atoms with van der Waals surface area (Å²) in [5, 5.41) is 3.35. The second-order valence-electron chi connectivity index (χ2n) is 7.80. The number of pyridine rings is 1. The van der Waals surface area contributed by atoms with Crippen molar-refractivity contribution in [2.75, 3.05) is 38.3 Å². The number of fused-ring (bicyclic) bond motifs is 1. The molecular weight excluding hydrogens is 435 g/mol. The Hall–Kier alpha value is -3.33. The van der Waals surface area contributed by atoms with Crippen LogP contribution in [-0.2, 0) is 17.5 Å². The van der Waals surface area contributed by atoms with Gasteiger partial charge in [0.1, 0.15) is 5.75 Å². The zero-order chi connectivity index (χ0) is 23.6. The average molecular weight is 459 g/mol. The average Bonchev–Trinajstić information content (AvgIpc) is 2.81. The number of benzene rings is 2. The molecule has 2 aromatic carbocycles. The Bertz CT molecular complexity index is 1170. The normalized spacial score (nSPS) is 14.4. The highest BCUT2D eigenvalue weighted by molar-refractivity contribution is 5.98. The molecule has 0 atom stereocenters. The smallest absolute Gasteiger partial charge is 0.416 e. The number of alkyl halides is 3. The molecule has 33 heavy (non-hydrogen) atoms. The number of amides is 1. The van der Waals surface area contributed by atoms with Gasteiger partial charge in [0.05, 0.1) is 42.7 Å². The summed E-state index contributed by atoms with van der Waals surface area (Å²) in [7, 11) is 1.55. The summed E-state index contributed by atoms with van der Waals surface area (Å²) in [6.45, 7) is 3.46. The topological polar surface area (TPSA) is 63.7 Å². The third kappa shape index (κ3) is 5.03. The van der Waals surface area contributed by atoms with Gasteiger partial charge in [-0.25, -0.2) is 0 Å². The molecule has 1 fully saturated rings. The summed E-state index contributed by atoms with van der Waals surface area (Å²) < 4.78 is 51.8. The van der Waals surface area contributed by atoms with Crippen LogP contribution in [0.3, 0.4) is 0 Å². The van der Waals surface area contributed by atoms with Gasteiger partial charge in [0, 0.05) is 36.8 Å². The van der Waals surface area contributed by atoms with Gasteiger partial charge in [0.2, 0.25) is 0 Å². The predicted octanol–water partition coefficient (Wildman–Crippen LogP) is 4.34. The first-order valence-electron chi connectivity index (χ1n) is 10.5. The van der Waals surface area contributed by atoms with Crippen molar-refractivity contribution in [2.45, 2.75) is 19.6 Å². The standard InChI is InChI=1S/C24H24F3N3O3/c1-15-20(11-16-4-6-19(32-2)13-22(16)29-15)23(31)28-14-17-3-5-18(12-21(17)24(25,26)27)30-7-9-33-10-8-30/h3-6,11-13H,7-10,14H2,1-2H3,(H,28,31).